The van der Waals surface area contributed by atoms with Crippen LogP contribution in [-0.4, -0.2) is 25.5 Å². The molecule has 0 fully saturated rings. The number of nitrogens with zero attached hydrogens (tertiary/aromatic N) is 3. The van der Waals surface area contributed by atoms with Crippen LogP contribution >= 0.6 is 0 Å². The SMILES string of the molecule is Cc1ccc(O)c(C)c1-n1c(N)c(C(N)=O)c2cc3ccncc3nc21. The van der Waals surface area contributed by atoms with E-state index in [9.17, 15) is 9.90 Å². The van der Waals surface area contributed by atoms with Crippen molar-refractivity contribution in [3.05, 3.63) is 53.3 Å². The molecule has 4 aromatic rings. The molecule has 7 heteroatoms. The summed E-state index contributed by atoms with van der Waals surface area (Å²) in [6.45, 7) is 3.69. The van der Waals surface area contributed by atoms with Crippen LogP contribution in [0.3, 0.4) is 0 Å². The summed E-state index contributed by atoms with van der Waals surface area (Å²) >= 11 is 0. The van der Waals surface area contributed by atoms with E-state index in [-0.39, 0.29) is 17.1 Å². The molecule has 0 radical (unpaired) electrons. The molecule has 1 amide bonds. The van der Waals surface area contributed by atoms with Gasteiger partial charge in [-0.25, -0.2) is 4.98 Å². The molecule has 0 aliphatic rings. The van der Waals surface area contributed by atoms with Gasteiger partial charge in [0, 0.05) is 22.5 Å². The van der Waals surface area contributed by atoms with Gasteiger partial charge in [-0.1, -0.05) is 6.07 Å². The van der Waals surface area contributed by atoms with Gasteiger partial charge in [0.15, 0.2) is 0 Å². The highest BCUT2D eigenvalue weighted by Gasteiger charge is 2.24. The van der Waals surface area contributed by atoms with Crippen LogP contribution in [0.15, 0.2) is 36.7 Å². The lowest BCUT2D eigenvalue weighted by molar-refractivity contribution is 0.100. The lowest BCUT2D eigenvalue weighted by Crippen LogP contribution is -2.14. The van der Waals surface area contributed by atoms with Crippen LogP contribution in [0.25, 0.3) is 27.6 Å². The van der Waals surface area contributed by atoms with Gasteiger partial charge in [-0.05, 0) is 37.6 Å². The second-order valence-electron chi connectivity index (χ2n) is 6.26. The predicted molar refractivity (Wildman–Crippen MR) is 100 cm³/mol. The van der Waals surface area contributed by atoms with Crippen molar-refractivity contribution in [3.8, 4) is 11.4 Å². The summed E-state index contributed by atoms with van der Waals surface area (Å²) in [5.74, 6) is -0.299. The number of phenols is 1. The number of aromatic hydroxyl groups is 1. The van der Waals surface area contributed by atoms with E-state index in [1.807, 2.05) is 19.1 Å². The van der Waals surface area contributed by atoms with Crippen molar-refractivity contribution in [3.63, 3.8) is 0 Å². The van der Waals surface area contributed by atoms with Crippen LogP contribution in [0.5, 0.6) is 5.75 Å². The van der Waals surface area contributed by atoms with E-state index >= 15 is 0 Å². The minimum atomic E-state index is -0.628. The van der Waals surface area contributed by atoms with E-state index in [2.05, 4.69) is 9.97 Å². The first-order valence-corrected chi connectivity index (χ1v) is 8.04. The monoisotopic (exact) mass is 347 g/mol. The van der Waals surface area contributed by atoms with E-state index in [0.29, 0.717) is 27.8 Å². The van der Waals surface area contributed by atoms with Crippen molar-refractivity contribution < 1.29 is 9.90 Å². The molecule has 26 heavy (non-hydrogen) atoms. The largest absolute Gasteiger partial charge is 0.508 e. The summed E-state index contributed by atoms with van der Waals surface area (Å²) < 4.78 is 1.67. The number of hydrogen-bond acceptors (Lipinski definition) is 5. The molecule has 0 aliphatic heterocycles. The quantitative estimate of drug-likeness (QED) is 0.515. The summed E-state index contributed by atoms with van der Waals surface area (Å²) in [5, 5.41) is 11.6. The zero-order valence-corrected chi connectivity index (χ0v) is 14.3. The van der Waals surface area contributed by atoms with Crippen molar-refractivity contribution in [1.29, 1.82) is 0 Å². The molecule has 3 aromatic heterocycles. The minimum absolute atomic E-state index is 0.134. The zero-order chi connectivity index (χ0) is 18.6. The third-order valence-electron chi connectivity index (χ3n) is 4.65. The average molecular weight is 347 g/mol. The maximum atomic E-state index is 12.1. The Hall–Kier alpha value is -3.61. The van der Waals surface area contributed by atoms with Gasteiger partial charge in [0.1, 0.15) is 17.2 Å². The van der Waals surface area contributed by atoms with Gasteiger partial charge in [0.05, 0.1) is 23.0 Å². The van der Waals surface area contributed by atoms with Crippen LogP contribution in [0, 0.1) is 13.8 Å². The molecule has 0 unspecified atom stereocenters. The zero-order valence-electron chi connectivity index (χ0n) is 14.3. The number of primary amides is 1. The van der Waals surface area contributed by atoms with E-state index in [1.54, 1.807) is 36.0 Å². The molecule has 130 valence electrons. The number of phenolic OH excluding ortho intramolecular Hbond substituents is 1. The number of aryl methyl sites for hydroxylation is 1. The number of nitrogen functional groups attached to an aromatic ring is 1. The number of aromatic nitrogens is 3. The molecule has 7 nitrogen and oxygen atoms in total. The number of nitrogens with two attached hydrogens (primary N) is 2. The van der Waals surface area contributed by atoms with Crippen LogP contribution in [0.1, 0.15) is 21.5 Å². The summed E-state index contributed by atoms with van der Waals surface area (Å²) in [5.41, 5.74) is 15.5. The van der Waals surface area contributed by atoms with Gasteiger partial charge in [0.25, 0.3) is 5.91 Å². The maximum Gasteiger partial charge on any atom is 0.253 e. The normalized spacial score (nSPS) is 11.3. The van der Waals surface area contributed by atoms with Gasteiger partial charge >= 0.3 is 0 Å². The molecule has 3 heterocycles. The highest BCUT2D eigenvalue weighted by molar-refractivity contribution is 6.13. The first-order valence-electron chi connectivity index (χ1n) is 8.04. The number of fused-ring (bicyclic) bond motifs is 2. The molecule has 0 bridgehead atoms. The third kappa shape index (κ3) is 2.10. The summed E-state index contributed by atoms with van der Waals surface area (Å²) in [4.78, 5) is 20.9. The van der Waals surface area contributed by atoms with Crippen LogP contribution in [0.4, 0.5) is 5.82 Å². The number of rotatable bonds is 2. The molecule has 0 saturated heterocycles. The van der Waals surface area contributed by atoms with E-state index in [1.165, 1.54) is 0 Å². The molecule has 0 atom stereocenters. The van der Waals surface area contributed by atoms with Crippen molar-refractivity contribution >= 4 is 33.7 Å². The van der Waals surface area contributed by atoms with E-state index in [0.717, 1.165) is 10.9 Å². The Kier molecular flexibility index (Phi) is 3.33. The summed E-state index contributed by atoms with van der Waals surface area (Å²) in [6.07, 6.45) is 3.30. The average Bonchev–Trinajstić information content (AvgIpc) is 2.88. The number of carbonyl (C=O) groups is 1. The Bertz CT molecular complexity index is 1210. The Morgan fingerprint density at radius 1 is 1.23 bits per heavy atom. The number of anilines is 1. The molecule has 0 spiro atoms. The Labute approximate surface area is 148 Å². The van der Waals surface area contributed by atoms with Gasteiger partial charge in [0.2, 0.25) is 0 Å². The van der Waals surface area contributed by atoms with Crippen molar-refractivity contribution in [2.45, 2.75) is 13.8 Å². The van der Waals surface area contributed by atoms with Crippen molar-refractivity contribution in [2.24, 2.45) is 5.73 Å². The molecule has 0 aliphatic carbocycles. The number of hydrogen-bond donors (Lipinski definition) is 3. The van der Waals surface area contributed by atoms with Gasteiger partial charge < -0.3 is 16.6 Å². The fraction of sp³-hybridized carbons (Fsp3) is 0.105. The number of pyridine rings is 2. The molecule has 4 rings (SSSR count). The van der Waals surface area contributed by atoms with Crippen molar-refractivity contribution in [1.82, 2.24) is 14.5 Å². The Balaban J connectivity index is 2.23. The predicted octanol–water partition coefficient (Wildman–Crippen LogP) is 2.58. The fourth-order valence-corrected chi connectivity index (χ4v) is 3.38. The highest BCUT2D eigenvalue weighted by Crippen LogP contribution is 2.36. The Morgan fingerprint density at radius 3 is 2.73 bits per heavy atom. The number of benzene rings is 1. The molecular formula is C19H17N5O2. The topological polar surface area (TPSA) is 120 Å². The molecule has 0 saturated carbocycles. The third-order valence-corrected chi connectivity index (χ3v) is 4.65. The van der Waals surface area contributed by atoms with Gasteiger partial charge in [-0.3, -0.25) is 14.3 Å². The van der Waals surface area contributed by atoms with E-state index in [4.69, 9.17) is 11.5 Å². The lowest BCUT2D eigenvalue weighted by atomic mass is 10.1. The number of amides is 1. The smallest absolute Gasteiger partial charge is 0.253 e. The molecular weight excluding hydrogens is 330 g/mol. The van der Waals surface area contributed by atoms with Crippen molar-refractivity contribution in [2.75, 3.05) is 5.73 Å². The summed E-state index contributed by atoms with van der Waals surface area (Å²) in [6, 6.07) is 7.05. The molecule has 5 N–H and O–H groups in total. The second kappa shape index (κ2) is 5.45. The first-order chi connectivity index (χ1) is 12.4. The van der Waals surface area contributed by atoms with Gasteiger partial charge in [-0.2, -0.15) is 0 Å². The van der Waals surface area contributed by atoms with Crippen LogP contribution < -0.4 is 11.5 Å². The molecule has 1 aromatic carbocycles. The van der Waals surface area contributed by atoms with E-state index < -0.39 is 5.91 Å². The lowest BCUT2D eigenvalue weighted by Gasteiger charge is -2.15. The first kappa shape index (κ1) is 15.9. The van der Waals surface area contributed by atoms with Crippen LogP contribution in [-0.2, 0) is 0 Å². The minimum Gasteiger partial charge on any atom is -0.508 e. The second-order valence-corrected chi connectivity index (χ2v) is 6.26. The fourth-order valence-electron chi connectivity index (χ4n) is 3.38. The Morgan fingerprint density at radius 2 is 2.00 bits per heavy atom. The summed E-state index contributed by atoms with van der Waals surface area (Å²) in [7, 11) is 0. The van der Waals surface area contributed by atoms with Crippen LogP contribution in [0.2, 0.25) is 0 Å². The maximum absolute atomic E-state index is 12.1. The standard InChI is InChI=1S/C19H17N5O2/c1-9-3-4-14(25)10(2)16(9)24-17(20)15(18(21)26)12-7-11-5-6-22-8-13(11)23-19(12)24/h3-8,25H,20H2,1-2H3,(H2,21,26). The highest BCUT2D eigenvalue weighted by atomic mass is 16.3. The van der Waals surface area contributed by atoms with Gasteiger partial charge in [-0.15, -0.1) is 0 Å². The number of carbonyl (C=O) groups excluding carboxylic acids is 1.